The van der Waals surface area contributed by atoms with E-state index < -0.39 is 0 Å². The summed E-state index contributed by atoms with van der Waals surface area (Å²) in [5, 5.41) is 2.97. The van der Waals surface area contributed by atoms with Crippen molar-refractivity contribution in [3.05, 3.63) is 35.4 Å². The standard InChI is InChI=1S/C18H28N2O2/c1-14(2)19-18(21)20-10-8-16(9-11-20)12-15-4-6-17(7-5-15)13-22-3/h4-7,14,16H,8-13H2,1-3H3,(H,19,21). The van der Waals surface area contributed by atoms with Gasteiger partial charge in [0.1, 0.15) is 0 Å². The predicted octanol–water partition coefficient (Wildman–Crippen LogP) is 3.21. The van der Waals surface area contributed by atoms with Crippen LogP contribution in [0.5, 0.6) is 0 Å². The van der Waals surface area contributed by atoms with Crippen molar-refractivity contribution in [1.29, 1.82) is 0 Å². The van der Waals surface area contributed by atoms with Gasteiger partial charge in [-0.1, -0.05) is 24.3 Å². The summed E-state index contributed by atoms with van der Waals surface area (Å²) in [5.41, 5.74) is 2.59. The molecule has 122 valence electrons. The molecule has 0 atom stereocenters. The molecule has 1 saturated heterocycles. The van der Waals surface area contributed by atoms with Crippen LogP contribution in [0.4, 0.5) is 4.79 Å². The third kappa shape index (κ3) is 5.02. The smallest absolute Gasteiger partial charge is 0.317 e. The van der Waals surface area contributed by atoms with Crippen molar-refractivity contribution in [2.45, 2.75) is 45.8 Å². The fourth-order valence-electron chi connectivity index (χ4n) is 2.95. The first-order chi connectivity index (χ1) is 10.6. The van der Waals surface area contributed by atoms with Gasteiger partial charge >= 0.3 is 6.03 Å². The number of carbonyl (C=O) groups excluding carboxylic acids is 1. The largest absolute Gasteiger partial charge is 0.380 e. The minimum Gasteiger partial charge on any atom is -0.380 e. The van der Waals surface area contributed by atoms with Gasteiger partial charge < -0.3 is 15.0 Å². The molecule has 0 saturated carbocycles. The first-order valence-electron chi connectivity index (χ1n) is 8.20. The second-order valence-corrected chi connectivity index (χ2v) is 6.49. The average Bonchev–Trinajstić information content (AvgIpc) is 2.49. The number of nitrogens with one attached hydrogen (secondary N) is 1. The highest BCUT2D eigenvalue weighted by molar-refractivity contribution is 5.74. The van der Waals surface area contributed by atoms with E-state index in [0.717, 1.165) is 32.4 Å². The number of urea groups is 1. The number of benzene rings is 1. The Morgan fingerprint density at radius 1 is 1.23 bits per heavy atom. The van der Waals surface area contributed by atoms with Gasteiger partial charge in [-0.15, -0.1) is 0 Å². The minimum atomic E-state index is 0.0809. The van der Waals surface area contributed by atoms with Crippen LogP contribution in [-0.2, 0) is 17.8 Å². The van der Waals surface area contributed by atoms with Gasteiger partial charge in [-0.25, -0.2) is 4.79 Å². The van der Waals surface area contributed by atoms with Gasteiger partial charge in [0.15, 0.2) is 0 Å². The Morgan fingerprint density at radius 2 is 1.82 bits per heavy atom. The molecule has 0 bridgehead atoms. The molecular formula is C18H28N2O2. The molecule has 1 aromatic rings. The molecule has 0 aromatic heterocycles. The summed E-state index contributed by atoms with van der Waals surface area (Å²) in [7, 11) is 1.72. The summed E-state index contributed by atoms with van der Waals surface area (Å²) >= 11 is 0. The first kappa shape index (κ1) is 16.8. The number of carbonyl (C=O) groups is 1. The van der Waals surface area contributed by atoms with E-state index in [0.29, 0.717) is 12.5 Å². The van der Waals surface area contributed by atoms with E-state index in [9.17, 15) is 4.79 Å². The maximum Gasteiger partial charge on any atom is 0.317 e. The van der Waals surface area contributed by atoms with E-state index in [4.69, 9.17) is 4.74 Å². The average molecular weight is 304 g/mol. The van der Waals surface area contributed by atoms with Crippen molar-refractivity contribution in [3.63, 3.8) is 0 Å². The molecule has 4 heteroatoms. The number of nitrogens with zero attached hydrogens (tertiary/aromatic N) is 1. The zero-order valence-electron chi connectivity index (χ0n) is 14.0. The van der Waals surface area contributed by atoms with Crippen LogP contribution in [0.2, 0.25) is 0 Å². The Morgan fingerprint density at radius 3 is 2.36 bits per heavy atom. The van der Waals surface area contributed by atoms with Crippen LogP contribution >= 0.6 is 0 Å². The van der Waals surface area contributed by atoms with Gasteiger partial charge in [-0.3, -0.25) is 0 Å². The van der Waals surface area contributed by atoms with E-state index >= 15 is 0 Å². The van der Waals surface area contributed by atoms with E-state index in [1.54, 1.807) is 7.11 Å². The maximum atomic E-state index is 12.0. The molecule has 0 spiro atoms. The molecule has 1 heterocycles. The zero-order valence-corrected chi connectivity index (χ0v) is 14.0. The van der Waals surface area contributed by atoms with Gasteiger partial charge in [-0.05, 0) is 50.2 Å². The number of likely N-dealkylation sites (tertiary alicyclic amines) is 1. The molecule has 1 aliphatic heterocycles. The normalized spacial score (nSPS) is 16.1. The minimum absolute atomic E-state index is 0.0809. The summed E-state index contributed by atoms with van der Waals surface area (Å²) in [6.07, 6.45) is 3.28. The molecule has 1 aliphatic rings. The Hall–Kier alpha value is -1.55. The van der Waals surface area contributed by atoms with Gasteiger partial charge in [0.2, 0.25) is 0 Å². The highest BCUT2D eigenvalue weighted by Gasteiger charge is 2.23. The lowest BCUT2D eigenvalue weighted by Gasteiger charge is -2.32. The van der Waals surface area contributed by atoms with Crippen LogP contribution in [-0.4, -0.2) is 37.2 Å². The van der Waals surface area contributed by atoms with E-state index in [-0.39, 0.29) is 12.1 Å². The second kappa shape index (κ2) is 8.18. The lowest BCUT2D eigenvalue weighted by molar-refractivity contribution is 0.168. The van der Waals surface area contributed by atoms with Crippen LogP contribution in [0.25, 0.3) is 0 Å². The maximum absolute atomic E-state index is 12.0. The van der Waals surface area contributed by atoms with Crippen LogP contribution in [0, 0.1) is 5.92 Å². The van der Waals surface area contributed by atoms with E-state index in [2.05, 4.69) is 29.6 Å². The molecule has 1 N–H and O–H groups in total. The summed E-state index contributed by atoms with van der Waals surface area (Å²) in [6.45, 7) is 6.40. The van der Waals surface area contributed by atoms with Crippen molar-refractivity contribution in [2.75, 3.05) is 20.2 Å². The van der Waals surface area contributed by atoms with Crippen molar-refractivity contribution < 1.29 is 9.53 Å². The van der Waals surface area contributed by atoms with Crippen molar-refractivity contribution in [3.8, 4) is 0 Å². The number of amides is 2. The SMILES string of the molecule is COCc1ccc(CC2CCN(C(=O)NC(C)C)CC2)cc1. The third-order valence-electron chi connectivity index (χ3n) is 4.17. The number of methoxy groups -OCH3 is 1. The molecule has 1 fully saturated rings. The summed E-state index contributed by atoms with van der Waals surface area (Å²) in [6, 6.07) is 8.97. The van der Waals surface area contributed by atoms with Crippen LogP contribution < -0.4 is 5.32 Å². The summed E-state index contributed by atoms with van der Waals surface area (Å²) < 4.78 is 5.14. The molecule has 1 aromatic carbocycles. The second-order valence-electron chi connectivity index (χ2n) is 6.49. The fourth-order valence-corrected chi connectivity index (χ4v) is 2.95. The van der Waals surface area contributed by atoms with Gasteiger partial charge in [0.25, 0.3) is 0 Å². The van der Waals surface area contributed by atoms with E-state index in [1.807, 2.05) is 18.7 Å². The van der Waals surface area contributed by atoms with Crippen LogP contribution in [0.1, 0.15) is 37.8 Å². The third-order valence-corrected chi connectivity index (χ3v) is 4.17. The van der Waals surface area contributed by atoms with Crippen molar-refractivity contribution in [2.24, 2.45) is 5.92 Å². The molecule has 0 unspecified atom stereocenters. The Labute approximate surface area is 133 Å². The molecule has 0 aliphatic carbocycles. The lowest BCUT2D eigenvalue weighted by Crippen LogP contribution is -2.46. The quantitative estimate of drug-likeness (QED) is 0.907. The molecule has 0 radical (unpaired) electrons. The highest BCUT2D eigenvalue weighted by atomic mass is 16.5. The molecule has 2 amide bonds. The molecular weight excluding hydrogens is 276 g/mol. The van der Waals surface area contributed by atoms with Crippen LogP contribution in [0.15, 0.2) is 24.3 Å². The van der Waals surface area contributed by atoms with Crippen LogP contribution in [0.3, 0.4) is 0 Å². The van der Waals surface area contributed by atoms with E-state index in [1.165, 1.54) is 11.1 Å². The van der Waals surface area contributed by atoms with Gasteiger partial charge in [0.05, 0.1) is 6.61 Å². The number of hydrogen-bond acceptors (Lipinski definition) is 2. The molecule has 22 heavy (non-hydrogen) atoms. The van der Waals surface area contributed by atoms with Gasteiger partial charge in [0, 0.05) is 26.2 Å². The molecule has 2 rings (SSSR count). The Bertz CT molecular complexity index is 462. The Balaban J connectivity index is 1.78. The van der Waals surface area contributed by atoms with Gasteiger partial charge in [-0.2, -0.15) is 0 Å². The topological polar surface area (TPSA) is 41.6 Å². The Kier molecular flexibility index (Phi) is 6.25. The number of hydrogen-bond donors (Lipinski definition) is 1. The number of rotatable bonds is 5. The summed E-state index contributed by atoms with van der Waals surface area (Å²) in [4.78, 5) is 13.9. The first-order valence-corrected chi connectivity index (χ1v) is 8.20. The highest BCUT2D eigenvalue weighted by Crippen LogP contribution is 2.22. The monoisotopic (exact) mass is 304 g/mol. The predicted molar refractivity (Wildman–Crippen MR) is 88.8 cm³/mol. The zero-order chi connectivity index (χ0) is 15.9. The molecule has 4 nitrogen and oxygen atoms in total. The fraction of sp³-hybridized carbons (Fsp3) is 0.611. The van der Waals surface area contributed by atoms with Crippen molar-refractivity contribution >= 4 is 6.03 Å². The van der Waals surface area contributed by atoms with Crippen molar-refractivity contribution in [1.82, 2.24) is 10.2 Å². The lowest BCUT2D eigenvalue weighted by atomic mass is 9.90. The number of piperidine rings is 1. The summed E-state index contributed by atoms with van der Waals surface area (Å²) in [5.74, 6) is 0.677. The number of ether oxygens (including phenoxy) is 1.